The molecule has 2 rings (SSSR count). The number of likely N-dealkylation sites (N-methyl/N-ethyl adjacent to an activating group) is 1. The SMILES string of the molecule is CC1CC(C(=O)N(C)CCOc2ccccc2Cl)CCN1. The summed E-state index contributed by atoms with van der Waals surface area (Å²) in [6, 6.07) is 7.79. The van der Waals surface area contributed by atoms with Crippen LogP contribution in [0, 0.1) is 5.92 Å². The van der Waals surface area contributed by atoms with E-state index in [1.807, 2.05) is 25.2 Å². The molecule has 0 aromatic heterocycles. The van der Waals surface area contributed by atoms with Gasteiger partial charge in [0.25, 0.3) is 0 Å². The maximum Gasteiger partial charge on any atom is 0.225 e. The normalized spacial score (nSPS) is 21.9. The lowest BCUT2D eigenvalue weighted by Gasteiger charge is -2.30. The first-order chi connectivity index (χ1) is 10.1. The number of amides is 1. The minimum atomic E-state index is 0.131. The molecule has 5 heteroatoms. The van der Waals surface area contributed by atoms with Crippen molar-refractivity contribution in [2.45, 2.75) is 25.8 Å². The lowest BCUT2D eigenvalue weighted by molar-refractivity contribution is -0.135. The van der Waals surface area contributed by atoms with Gasteiger partial charge in [-0.05, 0) is 38.4 Å². The van der Waals surface area contributed by atoms with Crippen molar-refractivity contribution >= 4 is 17.5 Å². The Morgan fingerprint density at radius 3 is 2.95 bits per heavy atom. The van der Waals surface area contributed by atoms with Crippen LogP contribution < -0.4 is 10.1 Å². The Morgan fingerprint density at radius 2 is 2.24 bits per heavy atom. The van der Waals surface area contributed by atoms with E-state index in [0.717, 1.165) is 19.4 Å². The van der Waals surface area contributed by atoms with Crippen LogP contribution in [-0.2, 0) is 4.79 Å². The van der Waals surface area contributed by atoms with E-state index in [1.165, 1.54) is 0 Å². The molecule has 1 aromatic carbocycles. The van der Waals surface area contributed by atoms with Crippen LogP contribution >= 0.6 is 11.6 Å². The lowest BCUT2D eigenvalue weighted by Crippen LogP contribution is -2.43. The third-order valence-corrected chi connectivity index (χ3v) is 4.18. The van der Waals surface area contributed by atoms with E-state index in [0.29, 0.717) is 30.0 Å². The summed E-state index contributed by atoms with van der Waals surface area (Å²) >= 11 is 6.03. The summed E-state index contributed by atoms with van der Waals surface area (Å²) in [6.07, 6.45) is 1.83. The average Bonchev–Trinajstić information content (AvgIpc) is 2.48. The molecule has 0 radical (unpaired) electrons. The molecule has 1 N–H and O–H groups in total. The lowest BCUT2D eigenvalue weighted by atomic mass is 9.92. The highest BCUT2D eigenvalue weighted by atomic mass is 35.5. The van der Waals surface area contributed by atoms with Crippen molar-refractivity contribution in [2.24, 2.45) is 5.92 Å². The monoisotopic (exact) mass is 310 g/mol. The summed E-state index contributed by atoms with van der Waals surface area (Å²) in [5, 5.41) is 3.96. The van der Waals surface area contributed by atoms with Crippen molar-refractivity contribution in [1.82, 2.24) is 10.2 Å². The number of nitrogens with zero attached hydrogens (tertiary/aromatic N) is 1. The number of nitrogens with one attached hydrogen (secondary N) is 1. The second-order valence-corrected chi connectivity index (χ2v) is 6.02. The fourth-order valence-corrected chi connectivity index (χ4v) is 2.82. The first-order valence-electron chi connectivity index (χ1n) is 7.43. The highest BCUT2D eigenvalue weighted by Gasteiger charge is 2.26. The Bertz CT molecular complexity index is 481. The van der Waals surface area contributed by atoms with Crippen LogP contribution in [0.4, 0.5) is 0 Å². The molecule has 1 aliphatic rings. The quantitative estimate of drug-likeness (QED) is 0.909. The number of rotatable bonds is 5. The Kier molecular flexibility index (Phi) is 5.88. The number of benzene rings is 1. The minimum Gasteiger partial charge on any atom is -0.490 e. The van der Waals surface area contributed by atoms with E-state index >= 15 is 0 Å². The highest BCUT2D eigenvalue weighted by Crippen LogP contribution is 2.23. The Labute approximate surface area is 131 Å². The number of piperidine rings is 1. The van der Waals surface area contributed by atoms with Crippen LogP contribution in [0.1, 0.15) is 19.8 Å². The van der Waals surface area contributed by atoms with Gasteiger partial charge in [-0.25, -0.2) is 0 Å². The molecular formula is C16H23ClN2O2. The maximum absolute atomic E-state index is 12.4. The zero-order chi connectivity index (χ0) is 15.2. The Hall–Kier alpha value is -1.26. The van der Waals surface area contributed by atoms with E-state index in [4.69, 9.17) is 16.3 Å². The molecule has 1 saturated heterocycles. The van der Waals surface area contributed by atoms with Crippen molar-refractivity contribution < 1.29 is 9.53 Å². The summed E-state index contributed by atoms with van der Waals surface area (Å²) in [4.78, 5) is 14.1. The topological polar surface area (TPSA) is 41.6 Å². The fourth-order valence-electron chi connectivity index (χ4n) is 2.63. The number of para-hydroxylation sites is 1. The fraction of sp³-hybridized carbons (Fsp3) is 0.562. The molecule has 0 spiro atoms. The number of ether oxygens (including phenoxy) is 1. The van der Waals surface area contributed by atoms with Gasteiger partial charge in [-0.1, -0.05) is 23.7 Å². The second kappa shape index (κ2) is 7.66. The molecule has 0 bridgehead atoms. The summed E-state index contributed by atoms with van der Waals surface area (Å²) < 4.78 is 5.63. The van der Waals surface area contributed by atoms with Gasteiger partial charge in [0.1, 0.15) is 12.4 Å². The molecule has 116 valence electrons. The molecule has 0 saturated carbocycles. The van der Waals surface area contributed by atoms with Crippen LogP contribution in [0.3, 0.4) is 0 Å². The third-order valence-electron chi connectivity index (χ3n) is 3.87. The molecule has 2 atom stereocenters. The van der Waals surface area contributed by atoms with E-state index in [1.54, 1.807) is 11.0 Å². The molecule has 0 aliphatic carbocycles. The molecule has 1 heterocycles. The number of hydrogen-bond acceptors (Lipinski definition) is 3. The van der Waals surface area contributed by atoms with E-state index in [-0.39, 0.29) is 11.8 Å². The van der Waals surface area contributed by atoms with Gasteiger partial charge in [0.15, 0.2) is 0 Å². The largest absolute Gasteiger partial charge is 0.490 e. The van der Waals surface area contributed by atoms with Crippen molar-refractivity contribution in [1.29, 1.82) is 0 Å². The summed E-state index contributed by atoms with van der Waals surface area (Å²) in [5.41, 5.74) is 0. The molecule has 1 aromatic rings. The van der Waals surface area contributed by atoms with Gasteiger partial charge in [-0.3, -0.25) is 4.79 Å². The van der Waals surface area contributed by atoms with Crippen molar-refractivity contribution in [2.75, 3.05) is 26.7 Å². The first kappa shape index (κ1) is 16.1. The summed E-state index contributed by atoms with van der Waals surface area (Å²) in [7, 11) is 1.84. The van der Waals surface area contributed by atoms with Gasteiger partial charge < -0.3 is 15.0 Å². The summed E-state index contributed by atoms with van der Waals surface area (Å²) in [6.45, 7) is 4.07. The Balaban J connectivity index is 1.77. The zero-order valence-corrected chi connectivity index (χ0v) is 13.4. The van der Waals surface area contributed by atoms with Crippen LogP contribution in [-0.4, -0.2) is 43.6 Å². The second-order valence-electron chi connectivity index (χ2n) is 5.62. The van der Waals surface area contributed by atoms with Crippen molar-refractivity contribution in [3.8, 4) is 5.75 Å². The third kappa shape index (κ3) is 4.61. The number of halogens is 1. The minimum absolute atomic E-state index is 0.131. The molecule has 4 nitrogen and oxygen atoms in total. The predicted molar refractivity (Wildman–Crippen MR) is 84.8 cm³/mol. The van der Waals surface area contributed by atoms with Gasteiger partial charge in [-0.2, -0.15) is 0 Å². The molecule has 21 heavy (non-hydrogen) atoms. The van der Waals surface area contributed by atoms with Crippen molar-refractivity contribution in [3.05, 3.63) is 29.3 Å². The van der Waals surface area contributed by atoms with E-state index < -0.39 is 0 Å². The van der Waals surface area contributed by atoms with E-state index in [2.05, 4.69) is 12.2 Å². The predicted octanol–water partition coefficient (Wildman–Crippen LogP) is 2.57. The van der Waals surface area contributed by atoms with Crippen LogP contribution in [0.25, 0.3) is 0 Å². The highest BCUT2D eigenvalue weighted by molar-refractivity contribution is 6.32. The van der Waals surface area contributed by atoms with Gasteiger partial charge in [0.05, 0.1) is 11.6 Å². The molecule has 1 aliphatic heterocycles. The number of carbonyl (C=O) groups excluding carboxylic acids is 1. The van der Waals surface area contributed by atoms with Crippen molar-refractivity contribution in [3.63, 3.8) is 0 Å². The smallest absolute Gasteiger partial charge is 0.225 e. The zero-order valence-electron chi connectivity index (χ0n) is 12.6. The molecule has 1 fully saturated rings. The maximum atomic E-state index is 12.4. The Morgan fingerprint density at radius 1 is 1.48 bits per heavy atom. The van der Waals surface area contributed by atoms with Crippen LogP contribution in [0.5, 0.6) is 5.75 Å². The average molecular weight is 311 g/mol. The summed E-state index contributed by atoms with van der Waals surface area (Å²) in [5.74, 6) is 1.01. The van der Waals surface area contributed by atoms with Crippen LogP contribution in [0.2, 0.25) is 5.02 Å². The number of hydrogen-bond donors (Lipinski definition) is 1. The molecular weight excluding hydrogens is 288 g/mol. The first-order valence-corrected chi connectivity index (χ1v) is 7.81. The molecule has 1 amide bonds. The van der Waals surface area contributed by atoms with E-state index in [9.17, 15) is 4.79 Å². The van der Waals surface area contributed by atoms with Gasteiger partial charge in [0, 0.05) is 19.0 Å². The van der Waals surface area contributed by atoms with Gasteiger partial charge in [-0.15, -0.1) is 0 Å². The van der Waals surface area contributed by atoms with Crippen LogP contribution in [0.15, 0.2) is 24.3 Å². The van der Waals surface area contributed by atoms with Gasteiger partial charge in [0.2, 0.25) is 5.91 Å². The van der Waals surface area contributed by atoms with Gasteiger partial charge >= 0.3 is 0 Å². The molecule has 2 unspecified atom stereocenters. The number of carbonyl (C=O) groups is 1. The standard InChI is InChI=1S/C16H23ClN2O2/c1-12-11-13(7-8-18-12)16(20)19(2)9-10-21-15-6-4-3-5-14(15)17/h3-6,12-13,18H,7-11H2,1-2H3.